The normalized spacial score (nSPS) is 11.2. The number of halogens is 1. The van der Waals surface area contributed by atoms with Crippen LogP contribution in [0.5, 0.6) is 5.75 Å². The Kier molecular flexibility index (Phi) is 3.47. The molecule has 0 aliphatic heterocycles. The first-order valence-electron chi connectivity index (χ1n) is 4.83. The van der Waals surface area contributed by atoms with Crippen LogP contribution in [0.15, 0.2) is 12.3 Å². The first-order chi connectivity index (χ1) is 7.28. The molecular formula is C11H14FNO3. The molecule has 5 heteroatoms. The zero-order chi connectivity index (χ0) is 12.3. The Morgan fingerprint density at radius 1 is 1.56 bits per heavy atom. The molecule has 4 nitrogen and oxygen atoms in total. The molecule has 0 saturated carbocycles. The molecule has 0 saturated heterocycles. The number of aromatic nitrogens is 1. The number of pyridine rings is 1. The van der Waals surface area contributed by atoms with Gasteiger partial charge in [-0.2, -0.15) is 0 Å². The van der Waals surface area contributed by atoms with Crippen molar-refractivity contribution in [2.24, 2.45) is 0 Å². The lowest BCUT2D eigenvalue weighted by atomic mass is 10.2. The average molecular weight is 227 g/mol. The number of nitrogens with zero attached hydrogens (tertiary/aromatic N) is 1. The molecule has 1 rings (SSSR count). The van der Waals surface area contributed by atoms with Crippen LogP contribution in [0.4, 0.5) is 4.39 Å². The van der Waals surface area contributed by atoms with Gasteiger partial charge in [-0.15, -0.1) is 0 Å². The molecule has 88 valence electrons. The van der Waals surface area contributed by atoms with E-state index in [-0.39, 0.29) is 17.9 Å². The first kappa shape index (κ1) is 12.4. The van der Waals surface area contributed by atoms with E-state index in [1.165, 1.54) is 0 Å². The van der Waals surface area contributed by atoms with Crippen LogP contribution < -0.4 is 0 Å². The smallest absolute Gasteiger partial charge is 0.312 e. The van der Waals surface area contributed by atoms with Crippen LogP contribution in [0.2, 0.25) is 0 Å². The Morgan fingerprint density at radius 3 is 2.69 bits per heavy atom. The summed E-state index contributed by atoms with van der Waals surface area (Å²) in [6, 6.07) is 0.909. The van der Waals surface area contributed by atoms with Gasteiger partial charge in [0.05, 0.1) is 18.3 Å². The second-order valence-corrected chi connectivity index (χ2v) is 4.38. The van der Waals surface area contributed by atoms with Gasteiger partial charge in [0.1, 0.15) is 17.2 Å². The number of esters is 1. The number of ether oxygens (including phenoxy) is 1. The fraction of sp³-hybridized carbons (Fsp3) is 0.455. The Labute approximate surface area is 93.1 Å². The molecule has 1 aromatic rings. The zero-order valence-corrected chi connectivity index (χ0v) is 9.45. The number of hydrogen-bond donors (Lipinski definition) is 1. The predicted molar refractivity (Wildman–Crippen MR) is 55.4 cm³/mol. The fourth-order valence-corrected chi connectivity index (χ4v) is 1.11. The van der Waals surface area contributed by atoms with Crippen molar-refractivity contribution in [1.82, 2.24) is 4.98 Å². The second-order valence-electron chi connectivity index (χ2n) is 4.38. The molecular weight excluding hydrogens is 213 g/mol. The van der Waals surface area contributed by atoms with E-state index in [0.29, 0.717) is 0 Å². The van der Waals surface area contributed by atoms with E-state index in [2.05, 4.69) is 4.98 Å². The van der Waals surface area contributed by atoms with Gasteiger partial charge in [0, 0.05) is 6.07 Å². The predicted octanol–water partition coefficient (Wildman–Crippen LogP) is 1.81. The monoisotopic (exact) mass is 227 g/mol. The molecule has 1 N–H and O–H groups in total. The highest BCUT2D eigenvalue weighted by Gasteiger charge is 2.18. The van der Waals surface area contributed by atoms with E-state index < -0.39 is 17.4 Å². The summed E-state index contributed by atoms with van der Waals surface area (Å²) in [6.45, 7) is 5.22. The standard InChI is InChI=1S/C11H14FNO3/c1-11(2,3)16-10(15)5-8-9(14)4-7(12)6-13-8/h4,6,14H,5H2,1-3H3. The minimum Gasteiger partial charge on any atom is -0.506 e. The molecule has 0 aromatic carbocycles. The van der Waals surface area contributed by atoms with E-state index in [4.69, 9.17) is 4.74 Å². The van der Waals surface area contributed by atoms with Gasteiger partial charge < -0.3 is 9.84 Å². The number of carbonyl (C=O) groups is 1. The second kappa shape index (κ2) is 4.47. The maximum Gasteiger partial charge on any atom is 0.312 e. The lowest BCUT2D eigenvalue weighted by Gasteiger charge is -2.19. The number of aromatic hydroxyl groups is 1. The third kappa shape index (κ3) is 3.84. The van der Waals surface area contributed by atoms with Crippen LogP contribution >= 0.6 is 0 Å². The number of rotatable bonds is 2. The van der Waals surface area contributed by atoms with Gasteiger partial charge in [-0.05, 0) is 20.8 Å². The fourth-order valence-electron chi connectivity index (χ4n) is 1.11. The molecule has 0 radical (unpaired) electrons. The van der Waals surface area contributed by atoms with Crippen molar-refractivity contribution < 1.29 is 19.0 Å². The van der Waals surface area contributed by atoms with E-state index >= 15 is 0 Å². The first-order valence-corrected chi connectivity index (χ1v) is 4.83. The zero-order valence-electron chi connectivity index (χ0n) is 9.45. The topological polar surface area (TPSA) is 59.4 Å². The lowest BCUT2D eigenvalue weighted by Crippen LogP contribution is -2.25. The summed E-state index contributed by atoms with van der Waals surface area (Å²) >= 11 is 0. The molecule has 0 atom stereocenters. The molecule has 0 unspecified atom stereocenters. The summed E-state index contributed by atoms with van der Waals surface area (Å²) in [7, 11) is 0. The van der Waals surface area contributed by atoms with Gasteiger partial charge in [0.15, 0.2) is 0 Å². The SMILES string of the molecule is CC(C)(C)OC(=O)Cc1ncc(F)cc1O. The lowest BCUT2D eigenvalue weighted by molar-refractivity contribution is -0.154. The summed E-state index contributed by atoms with van der Waals surface area (Å²) < 4.78 is 17.7. The molecule has 0 bridgehead atoms. The third-order valence-corrected chi connectivity index (χ3v) is 1.65. The van der Waals surface area contributed by atoms with Gasteiger partial charge in [0.2, 0.25) is 0 Å². The molecule has 0 fully saturated rings. The molecule has 1 aromatic heterocycles. The van der Waals surface area contributed by atoms with Gasteiger partial charge in [-0.1, -0.05) is 0 Å². The van der Waals surface area contributed by atoms with Gasteiger partial charge in [0.25, 0.3) is 0 Å². The maximum absolute atomic E-state index is 12.6. The van der Waals surface area contributed by atoms with E-state index in [9.17, 15) is 14.3 Å². The third-order valence-electron chi connectivity index (χ3n) is 1.65. The van der Waals surface area contributed by atoms with E-state index in [1.54, 1.807) is 20.8 Å². The largest absolute Gasteiger partial charge is 0.506 e. The number of carbonyl (C=O) groups excluding carboxylic acids is 1. The van der Waals surface area contributed by atoms with Crippen LogP contribution in [0, 0.1) is 5.82 Å². The van der Waals surface area contributed by atoms with Gasteiger partial charge >= 0.3 is 5.97 Å². The van der Waals surface area contributed by atoms with Gasteiger partial charge in [-0.25, -0.2) is 4.39 Å². The van der Waals surface area contributed by atoms with E-state index in [0.717, 1.165) is 12.3 Å². The van der Waals surface area contributed by atoms with Crippen molar-refractivity contribution in [1.29, 1.82) is 0 Å². The van der Waals surface area contributed by atoms with Crippen molar-refractivity contribution in [3.8, 4) is 5.75 Å². The molecule has 16 heavy (non-hydrogen) atoms. The van der Waals surface area contributed by atoms with Gasteiger partial charge in [-0.3, -0.25) is 9.78 Å². The van der Waals surface area contributed by atoms with Crippen molar-refractivity contribution in [2.45, 2.75) is 32.8 Å². The quantitative estimate of drug-likeness (QED) is 0.783. The van der Waals surface area contributed by atoms with Crippen LogP contribution in [-0.4, -0.2) is 21.7 Å². The average Bonchev–Trinajstić information content (AvgIpc) is 2.06. The molecule has 0 aliphatic rings. The van der Waals surface area contributed by atoms with E-state index in [1.807, 2.05) is 0 Å². The summed E-state index contributed by atoms with van der Waals surface area (Å²) in [5, 5.41) is 9.33. The van der Waals surface area contributed by atoms with Crippen LogP contribution in [-0.2, 0) is 16.0 Å². The van der Waals surface area contributed by atoms with Crippen LogP contribution in [0.3, 0.4) is 0 Å². The minimum absolute atomic E-state index is 0.107. The Morgan fingerprint density at radius 2 is 2.19 bits per heavy atom. The summed E-state index contributed by atoms with van der Waals surface area (Å²) in [5.41, 5.74) is -0.483. The highest BCUT2D eigenvalue weighted by molar-refractivity contribution is 5.73. The summed E-state index contributed by atoms with van der Waals surface area (Å²) in [6.07, 6.45) is 0.767. The van der Waals surface area contributed by atoms with Crippen molar-refractivity contribution in [3.63, 3.8) is 0 Å². The number of hydrogen-bond acceptors (Lipinski definition) is 4. The Balaban J connectivity index is 2.70. The van der Waals surface area contributed by atoms with Crippen LogP contribution in [0.25, 0.3) is 0 Å². The highest BCUT2D eigenvalue weighted by Crippen LogP contribution is 2.17. The molecule has 0 spiro atoms. The Bertz CT molecular complexity index is 399. The summed E-state index contributed by atoms with van der Waals surface area (Å²) in [5.74, 6) is -1.50. The summed E-state index contributed by atoms with van der Waals surface area (Å²) in [4.78, 5) is 15.0. The highest BCUT2D eigenvalue weighted by atomic mass is 19.1. The molecule has 0 aliphatic carbocycles. The van der Waals surface area contributed by atoms with Crippen molar-refractivity contribution >= 4 is 5.97 Å². The van der Waals surface area contributed by atoms with Crippen molar-refractivity contribution in [2.75, 3.05) is 0 Å². The minimum atomic E-state index is -0.648. The maximum atomic E-state index is 12.6. The van der Waals surface area contributed by atoms with Crippen LogP contribution in [0.1, 0.15) is 26.5 Å². The molecule has 0 amide bonds. The van der Waals surface area contributed by atoms with Crippen molar-refractivity contribution in [3.05, 3.63) is 23.8 Å². The Hall–Kier alpha value is -1.65. The molecule has 1 heterocycles.